The van der Waals surface area contributed by atoms with Gasteiger partial charge in [-0.15, -0.1) is 0 Å². The molecule has 3 N–H and O–H groups in total. The number of aromatic nitrogens is 3. The van der Waals surface area contributed by atoms with E-state index in [2.05, 4.69) is 15.0 Å². The molecule has 0 unspecified atom stereocenters. The van der Waals surface area contributed by atoms with Crippen LogP contribution in [0.3, 0.4) is 0 Å². The summed E-state index contributed by atoms with van der Waals surface area (Å²) < 4.78 is 0. The number of nitrogens with one attached hydrogen (secondary N) is 2. The van der Waals surface area contributed by atoms with Crippen molar-refractivity contribution in [3.8, 4) is 11.3 Å². The van der Waals surface area contributed by atoms with Crippen LogP contribution in [-0.4, -0.2) is 51.5 Å². The van der Waals surface area contributed by atoms with Crippen molar-refractivity contribution in [2.75, 3.05) is 22.9 Å². The van der Waals surface area contributed by atoms with Crippen LogP contribution in [0.25, 0.3) is 11.3 Å². The molecule has 1 aliphatic heterocycles. The highest BCUT2D eigenvalue weighted by Crippen LogP contribution is 2.24. The second-order valence-corrected chi connectivity index (χ2v) is 7.17. The van der Waals surface area contributed by atoms with Crippen molar-refractivity contribution >= 4 is 35.4 Å². The number of hydrogen-bond acceptors (Lipinski definition) is 6. The van der Waals surface area contributed by atoms with Crippen LogP contribution in [0.2, 0.25) is 5.02 Å². The van der Waals surface area contributed by atoms with E-state index in [9.17, 15) is 9.90 Å². The average molecular weight is 411 g/mol. The monoisotopic (exact) mass is 410 g/mol. The number of aromatic amines is 1. The molecule has 1 fully saturated rings. The molecule has 4 heterocycles. The Morgan fingerprint density at radius 1 is 1.31 bits per heavy atom. The summed E-state index contributed by atoms with van der Waals surface area (Å²) in [5.41, 5.74) is 2.24. The highest BCUT2D eigenvalue weighted by Gasteiger charge is 2.22. The molecule has 0 aromatic carbocycles. The van der Waals surface area contributed by atoms with Crippen molar-refractivity contribution in [2.45, 2.75) is 12.5 Å². The Morgan fingerprint density at radius 2 is 2.17 bits per heavy atom. The normalized spacial score (nSPS) is 16.1. The summed E-state index contributed by atoms with van der Waals surface area (Å²) in [6.45, 7) is 1.29. The number of aliphatic hydroxyl groups is 1. The van der Waals surface area contributed by atoms with E-state index in [1.807, 2.05) is 4.90 Å². The summed E-state index contributed by atoms with van der Waals surface area (Å²) in [4.78, 5) is 27.7. The quantitative estimate of drug-likeness (QED) is 0.442. The number of aliphatic hydroxyl groups excluding tert-OH is 1. The number of hydrogen-bond donors (Lipinski definition) is 3. The summed E-state index contributed by atoms with van der Waals surface area (Å²) in [6, 6.07) is 8.71. The number of rotatable bonds is 5. The molecule has 0 radical (unpaired) electrons. The highest BCUT2D eigenvalue weighted by atomic mass is 35.5. The Balaban J connectivity index is 1.52. The first-order valence-corrected chi connectivity index (χ1v) is 9.46. The SMILES string of the molecule is N=CN(C(=O)c1cc(-c2ccc(Cl)cn2)c[nH]1)c1ccc(N2CC[C@@H](O)C2)nc1. The van der Waals surface area contributed by atoms with Gasteiger partial charge >= 0.3 is 0 Å². The number of pyridine rings is 2. The Morgan fingerprint density at radius 3 is 2.79 bits per heavy atom. The molecule has 8 nitrogen and oxygen atoms in total. The van der Waals surface area contributed by atoms with E-state index in [0.717, 1.165) is 24.3 Å². The minimum atomic E-state index is -0.383. The maximum absolute atomic E-state index is 12.9. The largest absolute Gasteiger partial charge is 0.391 e. The fourth-order valence-electron chi connectivity index (χ4n) is 3.25. The second-order valence-electron chi connectivity index (χ2n) is 6.73. The van der Waals surface area contributed by atoms with Gasteiger partial charge in [-0.25, -0.2) is 4.98 Å². The van der Waals surface area contributed by atoms with E-state index < -0.39 is 0 Å². The van der Waals surface area contributed by atoms with E-state index in [1.165, 1.54) is 4.90 Å². The molecule has 1 saturated heterocycles. The average Bonchev–Trinajstić information content (AvgIpc) is 3.39. The van der Waals surface area contributed by atoms with Gasteiger partial charge in [-0.2, -0.15) is 0 Å². The predicted octanol–water partition coefficient (Wildman–Crippen LogP) is 2.95. The second kappa shape index (κ2) is 8.02. The zero-order valence-corrected chi connectivity index (χ0v) is 16.2. The van der Waals surface area contributed by atoms with Gasteiger partial charge in [0.2, 0.25) is 0 Å². The predicted molar refractivity (Wildman–Crippen MR) is 112 cm³/mol. The highest BCUT2D eigenvalue weighted by molar-refractivity contribution is 6.30. The lowest BCUT2D eigenvalue weighted by Gasteiger charge is -2.19. The van der Waals surface area contributed by atoms with Gasteiger partial charge in [-0.1, -0.05) is 11.6 Å². The van der Waals surface area contributed by atoms with Gasteiger partial charge in [-0.05, 0) is 36.8 Å². The molecule has 1 aliphatic rings. The minimum absolute atomic E-state index is 0.326. The van der Waals surface area contributed by atoms with E-state index in [0.29, 0.717) is 35.1 Å². The third-order valence-electron chi connectivity index (χ3n) is 4.78. The molecule has 29 heavy (non-hydrogen) atoms. The lowest BCUT2D eigenvalue weighted by Crippen LogP contribution is -2.29. The molecule has 3 aromatic heterocycles. The van der Waals surface area contributed by atoms with Crippen LogP contribution < -0.4 is 9.80 Å². The number of carbonyl (C=O) groups is 1. The van der Waals surface area contributed by atoms with Gasteiger partial charge in [0, 0.05) is 31.0 Å². The van der Waals surface area contributed by atoms with Crippen molar-refractivity contribution < 1.29 is 9.90 Å². The Bertz CT molecular complexity index is 1020. The number of H-pyrrole nitrogens is 1. The first-order chi connectivity index (χ1) is 14.0. The molecule has 3 aromatic rings. The summed E-state index contributed by atoms with van der Waals surface area (Å²) in [5.74, 6) is 0.352. The number of halogens is 1. The third-order valence-corrected chi connectivity index (χ3v) is 5.01. The number of amides is 1. The minimum Gasteiger partial charge on any atom is -0.391 e. The molecule has 0 bridgehead atoms. The standard InChI is InChI=1S/C20H19ClN6O2/c21-14-1-3-17(24-9-14)13-7-18(23-8-13)20(29)27(12-22)15-2-4-19(25-10-15)26-6-5-16(28)11-26/h1-4,7-10,12,16,22-23,28H,5-6,11H2/t16-/m1/s1. The zero-order valence-electron chi connectivity index (χ0n) is 15.4. The Kier molecular flexibility index (Phi) is 5.28. The maximum Gasteiger partial charge on any atom is 0.280 e. The van der Waals surface area contributed by atoms with Crippen LogP contribution in [-0.2, 0) is 0 Å². The van der Waals surface area contributed by atoms with Gasteiger partial charge in [0.15, 0.2) is 0 Å². The van der Waals surface area contributed by atoms with Crippen LogP contribution in [0.4, 0.5) is 11.5 Å². The summed E-state index contributed by atoms with van der Waals surface area (Å²) in [5, 5.41) is 17.9. The van der Waals surface area contributed by atoms with Gasteiger partial charge in [0.1, 0.15) is 11.5 Å². The number of carbonyl (C=O) groups excluding carboxylic acids is 1. The Hall–Kier alpha value is -3.23. The third kappa shape index (κ3) is 3.98. The van der Waals surface area contributed by atoms with E-state index in [-0.39, 0.29) is 12.0 Å². The van der Waals surface area contributed by atoms with Gasteiger partial charge in [0.25, 0.3) is 5.91 Å². The molecule has 4 rings (SSSR count). The molecule has 1 amide bonds. The maximum atomic E-state index is 12.9. The lowest BCUT2D eigenvalue weighted by molar-refractivity contribution is 0.0999. The molecular weight excluding hydrogens is 392 g/mol. The van der Waals surface area contributed by atoms with Crippen LogP contribution in [0.15, 0.2) is 48.9 Å². The molecule has 0 aliphatic carbocycles. The van der Waals surface area contributed by atoms with Crippen LogP contribution in [0.5, 0.6) is 0 Å². The fraction of sp³-hybridized carbons (Fsp3) is 0.200. The molecular formula is C20H19ClN6O2. The lowest BCUT2D eigenvalue weighted by atomic mass is 10.2. The smallest absolute Gasteiger partial charge is 0.280 e. The molecule has 0 saturated carbocycles. The van der Waals surface area contributed by atoms with E-state index >= 15 is 0 Å². The van der Waals surface area contributed by atoms with Crippen molar-refractivity contribution in [3.63, 3.8) is 0 Å². The first-order valence-electron chi connectivity index (χ1n) is 9.08. The van der Waals surface area contributed by atoms with Crippen molar-refractivity contribution in [3.05, 3.63) is 59.6 Å². The number of nitrogens with zero attached hydrogens (tertiary/aromatic N) is 4. The van der Waals surface area contributed by atoms with Gasteiger partial charge < -0.3 is 15.0 Å². The van der Waals surface area contributed by atoms with Crippen molar-refractivity contribution in [1.29, 1.82) is 5.41 Å². The number of β-amino-alcohol motifs (C(OH)–C–C–N with tert-alkyl or cyclic N) is 1. The van der Waals surface area contributed by atoms with E-state index in [1.54, 1.807) is 48.9 Å². The Labute approximate surface area is 172 Å². The van der Waals surface area contributed by atoms with Crippen molar-refractivity contribution in [2.24, 2.45) is 0 Å². The van der Waals surface area contributed by atoms with Gasteiger partial charge in [-0.3, -0.25) is 20.1 Å². The first kappa shape index (κ1) is 19.1. The van der Waals surface area contributed by atoms with Crippen LogP contribution in [0.1, 0.15) is 16.9 Å². The summed E-state index contributed by atoms with van der Waals surface area (Å²) >= 11 is 5.87. The molecule has 9 heteroatoms. The molecule has 148 valence electrons. The summed E-state index contributed by atoms with van der Waals surface area (Å²) in [6.07, 6.45) is 6.11. The van der Waals surface area contributed by atoms with Gasteiger partial charge in [0.05, 0.1) is 35.0 Å². The fourth-order valence-corrected chi connectivity index (χ4v) is 3.36. The van der Waals surface area contributed by atoms with Crippen LogP contribution >= 0.6 is 11.6 Å². The summed E-state index contributed by atoms with van der Waals surface area (Å²) in [7, 11) is 0. The molecule has 1 atom stereocenters. The van der Waals surface area contributed by atoms with E-state index in [4.69, 9.17) is 17.0 Å². The van der Waals surface area contributed by atoms with Crippen LogP contribution in [0, 0.1) is 5.41 Å². The number of anilines is 2. The topological polar surface area (TPSA) is 109 Å². The van der Waals surface area contributed by atoms with Crippen molar-refractivity contribution in [1.82, 2.24) is 15.0 Å². The zero-order chi connectivity index (χ0) is 20.4. The molecule has 0 spiro atoms.